The third-order valence-electron chi connectivity index (χ3n) is 6.74. The number of ether oxygens (including phenoxy) is 1. The average Bonchev–Trinajstić information content (AvgIpc) is 3.44. The molecule has 11 nitrogen and oxygen atoms in total. The Morgan fingerprint density at radius 3 is 2.29 bits per heavy atom. The summed E-state index contributed by atoms with van der Waals surface area (Å²) in [6.45, 7) is 3.68. The quantitative estimate of drug-likeness (QED) is 0.217. The van der Waals surface area contributed by atoms with Crippen LogP contribution in [-0.4, -0.2) is 88.0 Å². The molecule has 2 aromatic rings. The highest BCUT2D eigenvalue weighted by Gasteiger charge is 2.32. The summed E-state index contributed by atoms with van der Waals surface area (Å²) >= 11 is 0. The molecule has 0 spiro atoms. The molecule has 0 unspecified atom stereocenters. The van der Waals surface area contributed by atoms with Crippen LogP contribution in [0.2, 0.25) is 0 Å². The first-order chi connectivity index (χ1) is 19.4. The normalized spacial score (nSPS) is 17.6. The van der Waals surface area contributed by atoms with E-state index in [1.165, 1.54) is 28.6 Å². The van der Waals surface area contributed by atoms with Crippen molar-refractivity contribution in [3.63, 3.8) is 0 Å². The molecule has 4 N–H and O–H groups in total. The molecule has 13 heteroatoms. The second kappa shape index (κ2) is 15.2. The fourth-order valence-electron chi connectivity index (χ4n) is 4.60. The molecule has 0 aromatic heterocycles. The van der Waals surface area contributed by atoms with Crippen molar-refractivity contribution in [2.75, 3.05) is 38.6 Å². The largest absolute Gasteiger partial charge is 0.392 e. The van der Waals surface area contributed by atoms with Crippen molar-refractivity contribution in [2.45, 2.75) is 50.3 Å². The van der Waals surface area contributed by atoms with Crippen LogP contribution in [0.25, 0.3) is 0 Å². The van der Waals surface area contributed by atoms with Gasteiger partial charge >= 0.3 is 0 Å². The average molecular weight is 612 g/mol. The molecule has 0 saturated carbocycles. The molecule has 1 aliphatic heterocycles. The Hall–Kier alpha value is -2.39. The smallest absolute Gasteiger partial charge is 0.243 e. The molecule has 1 saturated heterocycles. The Labute approximate surface area is 243 Å². The maximum atomic E-state index is 13.5. The van der Waals surface area contributed by atoms with Gasteiger partial charge in [-0.1, -0.05) is 56.3 Å². The lowest BCUT2D eigenvalue weighted by molar-refractivity contribution is -0.121. The van der Waals surface area contributed by atoms with Crippen LogP contribution in [0.4, 0.5) is 0 Å². The summed E-state index contributed by atoms with van der Waals surface area (Å²) in [5.41, 5.74) is 1.37. The maximum absolute atomic E-state index is 13.5. The van der Waals surface area contributed by atoms with Crippen LogP contribution in [0, 0.1) is 11.8 Å². The Morgan fingerprint density at radius 2 is 1.71 bits per heavy atom. The molecule has 2 aromatic carbocycles. The summed E-state index contributed by atoms with van der Waals surface area (Å²) in [6, 6.07) is 14.1. The molecule has 3 atom stereocenters. The minimum Gasteiger partial charge on any atom is -0.392 e. The van der Waals surface area contributed by atoms with E-state index in [1.54, 1.807) is 0 Å². The molecule has 0 radical (unpaired) electrons. The first kappa shape index (κ1) is 33.1. The number of rotatable bonds is 16. The molecular weight excluding hydrogens is 570 g/mol. The number of carbonyl (C=O) groups is 1. The van der Waals surface area contributed by atoms with Gasteiger partial charge in [0, 0.05) is 19.7 Å². The summed E-state index contributed by atoms with van der Waals surface area (Å²) in [4.78, 5) is 12.9. The van der Waals surface area contributed by atoms with Gasteiger partial charge in [-0.25, -0.2) is 21.6 Å². The molecule has 0 bridgehead atoms. The minimum atomic E-state index is -4.02. The van der Waals surface area contributed by atoms with E-state index in [-0.39, 0.29) is 48.6 Å². The Bertz CT molecular complexity index is 1310. The first-order valence-electron chi connectivity index (χ1n) is 13.7. The van der Waals surface area contributed by atoms with E-state index in [9.17, 15) is 31.8 Å². The third-order valence-corrected chi connectivity index (χ3v) is 10.1. The van der Waals surface area contributed by atoms with Gasteiger partial charge in [0.05, 0.1) is 42.6 Å². The zero-order valence-corrected chi connectivity index (χ0v) is 25.1. The zero-order valence-electron chi connectivity index (χ0n) is 23.5. The number of nitrogens with one attached hydrogen (secondary N) is 2. The highest BCUT2D eigenvalue weighted by atomic mass is 32.2. The highest BCUT2D eigenvalue weighted by Crippen LogP contribution is 2.20. The Kier molecular flexibility index (Phi) is 12.3. The van der Waals surface area contributed by atoms with Crippen molar-refractivity contribution in [1.29, 1.82) is 0 Å². The van der Waals surface area contributed by atoms with Crippen LogP contribution in [0.1, 0.15) is 31.4 Å². The van der Waals surface area contributed by atoms with E-state index in [0.29, 0.717) is 25.2 Å². The number of hydrogen-bond acceptors (Lipinski definition) is 8. The van der Waals surface area contributed by atoms with Crippen LogP contribution in [0.15, 0.2) is 59.5 Å². The molecule has 3 rings (SSSR count). The number of amides is 1. The summed E-state index contributed by atoms with van der Waals surface area (Å²) in [5.74, 6) is -0.973. The second-order valence-corrected chi connectivity index (χ2v) is 14.6. The first-order valence-corrected chi connectivity index (χ1v) is 16.7. The van der Waals surface area contributed by atoms with Crippen molar-refractivity contribution in [3.05, 3.63) is 65.7 Å². The third kappa shape index (κ3) is 10.4. The van der Waals surface area contributed by atoms with E-state index in [1.807, 2.05) is 44.2 Å². The van der Waals surface area contributed by atoms with Gasteiger partial charge in [0.1, 0.15) is 0 Å². The topological polar surface area (TPSA) is 162 Å². The number of aliphatic hydroxyl groups excluding tert-OH is 2. The molecule has 228 valence electrons. The van der Waals surface area contributed by atoms with E-state index in [0.717, 1.165) is 5.56 Å². The summed E-state index contributed by atoms with van der Waals surface area (Å²) < 4.78 is 60.7. The zero-order chi connectivity index (χ0) is 30.0. The van der Waals surface area contributed by atoms with Crippen LogP contribution < -0.4 is 10.0 Å². The van der Waals surface area contributed by atoms with Gasteiger partial charge in [0.15, 0.2) is 0 Å². The predicted octanol–water partition coefficient (Wildman–Crippen LogP) is 0.870. The number of carbonyl (C=O) groups excluding carboxylic acids is 1. The predicted molar refractivity (Wildman–Crippen MR) is 155 cm³/mol. The minimum absolute atomic E-state index is 0.0215. The van der Waals surface area contributed by atoms with Crippen LogP contribution in [0.3, 0.4) is 0 Å². The molecule has 1 amide bonds. The fourth-order valence-corrected chi connectivity index (χ4v) is 7.57. The van der Waals surface area contributed by atoms with Gasteiger partial charge in [-0.05, 0) is 47.9 Å². The molecule has 1 aliphatic rings. The van der Waals surface area contributed by atoms with E-state index in [4.69, 9.17) is 4.74 Å². The molecule has 0 aliphatic carbocycles. The highest BCUT2D eigenvalue weighted by molar-refractivity contribution is 7.89. The Morgan fingerprint density at radius 1 is 1.02 bits per heavy atom. The van der Waals surface area contributed by atoms with Gasteiger partial charge in [-0.15, -0.1) is 0 Å². The lowest BCUT2D eigenvalue weighted by Crippen LogP contribution is -2.52. The van der Waals surface area contributed by atoms with Crippen LogP contribution in [0.5, 0.6) is 0 Å². The standard InChI is InChI=1S/C28H41N3O8S2/c1-21(2)16-31(41(37,38)25-10-8-23(18-32)9-11-25)17-27(33)26(14-22-6-4-3-5-7-22)30-28(34)15-29-40(35,36)20-24-12-13-39-19-24/h3-11,21,24,26-27,29,32-33H,12-20H2,1-2H3,(H,30,34)/t24-,26-,27+/m0/s1. The van der Waals surface area contributed by atoms with E-state index < -0.39 is 44.6 Å². The fraction of sp³-hybridized carbons (Fsp3) is 0.536. The van der Waals surface area contributed by atoms with Crippen molar-refractivity contribution >= 4 is 26.0 Å². The monoisotopic (exact) mass is 611 g/mol. The number of sulfonamides is 2. The van der Waals surface area contributed by atoms with Crippen molar-refractivity contribution in [3.8, 4) is 0 Å². The van der Waals surface area contributed by atoms with Gasteiger partial charge in [0.2, 0.25) is 26.0 Å². The second-order valence-electron chi connectivity index (χ2n) is 10.8. The SMILES string of the molecule is CC(C)CN(C[C@@H](O)[C@H](Cc1ccccc1)NC(=O)CNS(=O)(=O)C[C@H]1CCOC1)S(=O)(=O)c1ccc(CO)cc1. The van der Waals surface area contributed by atoms with Gasteiger partial charge in [-0.3, -0.25) is 4.79 Å². The van der Waals surface area contributed by atoms with Gasteiger partial charge in [0.25, 0.3) is 0 Å². The van der Waals surface area contributed by atoms with Crippen LogP contribution in [-0.2, 0) is 42.6 Å². The van der Waals surface area contributed by atoms with E-state index in [2.05, 4.69) is 10.0 Å². The van der Waals surface area contributed by atoms with E-state index >= 15 is 0 Å². The van der Waals surface area contributed by atoms with Crippen molar-refractivity contribution < 1.29 is 36.6 Å². The van der Waals surface area contributed by atoms with Gasteiger partial charge in [-0.2, -0.15) is 4.31 Å². The van der Waals surface area contributed by atoms with Crippen molar-refractivity contribution in [2.24, 2.45) is 11.8 Å². The van der Waals surface area contributed by atoms with Gasteiger partial charge < -0.3 is 20.3 Å². The number of aliphatic hydroxyl groups is 2. The molecule has 1 heterocycles. The maximum Gasteiger partial charge on any atom is 0.243 e. The number of hydrogen-bond donors (Lipinski definition) is 4. The molecular formula is C28H41N3O8S2. The van der Waals surface area contributed by atoms with Crippen molar-refractivity contribution in [1.82, 2.24) is 14.3 Å². The Balaban J connectivity index is 1.75. The number of benzene rings is 2. The summed E-state index contributed by atoms with van der Waals surface area (Å²) in [5, 5.41) is 23.3. The lowest BCUT2D eigenvalue weighted by Gasteiger charge is -2.31. The molecule has 41 heavy (non-hydrogen) atoms. The lowest BCUT2D eigenvalue weighted by atomic mass is 10.0. The van der Waals surface area contributed by atoms with Crippen LogP contribution >= 0.6 is 0 Å². The molecule has 1 fully saturated rings. The number of nitrogens with zero attached hydrogens (tertiary/aromatic N) is 1. The summed E-state index contributed by atoms with van der Waals surface area (Å²) in [7, 11) is -7.73. The summed E-state index contributed by atoms with van der Waals surface area (Å²) in [6.07, 6.45) is -0.475.